The summed E-state index contributed by atoms with van der Waals surface area (Å²) < 4.78 is 1.46. The number of hydrogen-bond acceptors (Lipinski definition) is 6. The van der Waals surface area contributed by atoms with Gasteiger partial charge in [-0.15, -0.1) is 0 Å². The molecule has 1 aliphatic rings. The van der Waals surface area contributed by atoms with Crippen LogP contribution in [0.25, 0.3) is 17.0 Å². The molecule has 148 valence electrons. The number of H-pyrrole nitrogens is 1. The Bertz CT molecular complexity index is 1300. The summed E-state index contributed by atoms with van der Waals surface area (Å²) in [7, 11) is 0. The van der Waals surface area contributed by atoms with Gasteiger partial charge >= 0.3 is 5.69 Å². The van der Waals surface area contributed by atoms with Gasteiger partial charge in [0.1, 0.15) is 11.6 Å². The van der Waals surface area contributed by atoms with Crippen molar-refractivity contribution >= 4 is 17.0 Å². The van der Waals surface area contributed by atoms with Crippen molar-refractivity contribution in [2.75, 3.05) is 24.5 Å². The number of imidazole rings is 1. The average Bonchev–Trinajstić information content (AvgIpc) is 3.15. The van der Waals surface area contributed by atoms with Crippen molar-refractivity contribution in [3.8, 4) is 11.9 Å². The van der Waals surface area contributed by atoms with E-state index in [2.05, 4.69) is 38.4 Å². The van der Waals surface area contributed by atoms with Gasteiger partial charge in [0.15, 0.2) is 5.65 Å². The monoisotopic (exact) mass is 397 g/mol. The van der Waals surface area contributed by atoms with E-state index in [1.807, 2.05) is 18.2 Å². The molecule has 0 bridgehead atoms. The second-order valence-electron chi connectivity index (χ2n) is 7.14. The summed E-state index contributed by atoms with van der Waals surface area (Å²) in [5.41, 5.74) is 2.39. The lowest BCUT2D eigenvalue weighted by Crippen LogP contribution is -2.46. The van der Waals surface area contributed by atoms with Gasteiger partial charge in [0.25, 0.3) is 0 Å². The highest BCUT2D eigenvalue weighted by Gasteiger charge is 2.26. The normalized spacial score (nSPS) is 16.5. The zero-order valence-electron chi connectivity index (χ0n) is 16.1. The third kappa shape index (κ3) is 3.11. The highest BCUT2D eigenvalue weighted by atomic mass is 16.1. The molecule has 8 nitrogen and oxygen atoms in total. The lowest BCUT2D eigenvalue weighted by Gasteiger charge is -2.37. The number of aromatic amines is 1. The molecule has 4 aromatic rings. The quantitative estimate of drug-likeness (QED) is 0.549. The first-order chi connectivity index (χ1) is 14.7. The van der Waals surface area contributed by atoms with Crippen molar-refractivity contribution in [2.45, 2.75) is 6.04 Å². The minimum absolute atomic E-state index is 0.0793. The molecular weight excluding hydrogens is 378 g/mol. The molecule has 1 fully saturated rings. The number of piperazine rings is 1. The fourth-order valence-corrected chi connectivity index (χ4v) is 3.95. The Morgan fingerprint density at radius 1 is 1.10 bits per heavy atom. The molecule has 0 saturated carbocycles. The van der Waals surface area contributed by atoms with Crippen LogP contribution >= 0.6 is 0 Å². The maximum atomic E-state index is 12.6. The van der Waals surface area contributed by atoms with E-state index in [9.17, 15) is 10.1 Å². The first kappa shape index (κ1) is 18.1. The summed E-state index contributed by atoms with van der Waals surface area (Å²) >= 11 is 0. The minimum atomic E-state index is -0.336. The van der Waals surface area contributed by atoms with E-state index in [0.29, 0.717) is 28.4 Å². The Hall–Kier alpha value is -3.96. The van der Waals surface area contributed by atoms with Crippen LogP contribution in [0.4, 0.5) is 5.82 Å². The molecule has 1 unspecified atom stereocenters. The Morgan fingerprint density at radius 2 is 1.93 bits per heavy atom. The zero-order valence-corrected chi connectivity index (χ0v) is 16.1. The Balaban J connectivity index is 1.65. The number of aromatic nitrogens is 4. The number of anilines is 1. The largest absolute Gasteiger partial charge is 0.347 e. The smallest absolute Gasteiger partial charge is 0.333 e. The maximum Gasteiger partial charge on any atom is 0.333 e. The lowest BCUT2D eigenvalue weighted by atomic mass is 10.0. The Labute approximate surface area is 172 Å². The molecule has 0 radical (unpaired) electrons. The van der Waals surface area contributed by atoms with Crippen LogP contribution in [-0.2, 0) is 0 Å². The number of pyridine rings is 2. The molecule has 0 aliphatic carbocycles. The summed E-state index contributed by atoms with van der Waals surface area (Å²) in [5.74, 6) is 1.07. The standard InChI is InChI=1S/C22H19N7O/c23-13-15-11-19(28-10-9-24-14-18(28)16-5-2-1-3-6-16)26-20(12-15)29-17-7-4-8-25-21(17)27-22(29)30/h1-8,11-12,18,24H,9-10,14H2,(H,25,27,30). The van der Waals surface area contributed by atoms with Gasteiger partial charge in [-0.25, -0.2) is 19.3 Å². The van der Waals surface area contributed by atoms with Crippen LogP contribution in [0.2, 0.25) is 0 Å². The molecule has 1 saturated heterocycles. The molecule has 0 spiro atoms. The molecule has 1 aromatic carbocycles. The molecule has 1 atom stereocenters. The predicted octanol–water partition coefficient (Wildman–Crippen LogP) is 2.13. The van der Waals surface area contributed by atoms with E-state index in [1.54, 1.807) is 30.5 Å². The second kappa shape index (κ2) is 7.46. The third-order valence-corrected chi connectivity index (χ3v) is 5.33. The second-order valence-corrected chi connectivity index (χ2v) is 7.14. The van der Waals surface area contributed by atoms with E-state index in [4.69, 9.17) is 4.98 Å². The highest BCUT2D eigenvalue weighted by Crippen LogP contribution is 2.28. The summed E-state index contributed by atoms with van der Waals surface area (Å²) in [5, 5.41) is 13.1. The van der Waals surface area contributed by atoms with Crippen LogP contribution in [-0.4, -0.2) is 39.2 Å². The minimum Gasteiger partial charge on any atom is -0.347 e. The van der Waals surface area contributed by atoms with Gasteiger partial charge in [0, 0.05) is 25.8 Å². The average molecular weight is 397 g/mol. The van der Waals surface area contributed by atoms with Crippen LogP contribution in [0, 0.1) is 11.3 Å². The lowest BCUT2D eigenvalue weighted by molar-refractivity contribution is 0.486. The Morgan fingerprint density at radius 3 is 2.77 bits per heavy atom. The molecule has 5 rings (SSSR count). The van der Waals surface area contributed by atoms with Gasteiger partial charge in [0.2, 0.25) is 0 Å². The van der Waals surface area contributed by atoms with Gasteiger partial charge in [-0.1, -0.05) is 30.3 Å². The predicted molar refractivity (Wildman–Crippen MR) is 114 cm³/mol. The van der Waals surface area contributed by atoms with Crippen LogP contribution in [0.3, 0.4) is 0 Å². The number of nitriles is 1. The summed E-state index contributed by atoms with van der Waals surface area (Å²) in [6, 6.07) is 19.5. The fourth-order valence-electron chi connectivity index (χ4n) is 3.95. The number of benzene rings is 1. The van der Waals surface area contributed by atoms with Crippen molar-refractivity contribution in [1.82, 2.24) is 24.8 Å². The van der Waals surface area contributed by atoms with Crippen molar-refractivity contribution < 1.29 is 0 Å². The molecule has 4 heterocycles. The topological polar surface area (TPSA) is 103 Å². The number of hydrogen-bond donors (Lipinski definition) is 2. The molecule has 3 aromatic heterocycles. The number of rotatable bonds is 3. The van der Waals surface area contributed by atoms with E-state index >= 15 is 0 Å². The zero-order chi connectivity index (χ0) is 20.5. The molecular formula is C22H19N7O. The van der Waals surface area contributed by atoms with E-state index in [0.717, 1.165) is 19.6 Å². The van der Waals surface area contributed by atoms with Gasteiger partial charge in [-0.05, 0) is 29.8 Å². The van der Waals surface area contributed by atoms with Gasteiger partial charge in [-0.2, -0.15) is 5.26 Å². The van der Waals surface area contributed by atoms with Crippen LogP contribution in [0.15, 0.2) is 65.6 Å². The van der Waals surface area contributed by atoms with E-state index in [-0.39, 0.29) is 11.7 Å². The van der Waals surface area contributed by atoms with Gasteiger partial charge in [0.05, 0.1) is 23.2 Å². The van der Waals surface area contributed by atoms with Crippen molar-refractivity contribution in [3.05, 3.63) is 82.4 Å². The van der Waals surface area contributed by atoms with Gasteiger partial charge in [-0.3, -0.25) is 4.98 Å². The van der Waals surface area contributed by atoms with E-state index < -0.39 is 0 Å². The first-order valence-corrected chi connectivity index (χ1v) is 9.75. The third-order valence-electron chi connectivity index (χ3n) is 5.33. The van der Waals surface area contributed by atoms with Crippen LogP contribution in [0.5, 0.6) is 0 Å². The fraction of sp³-hybridized carbons (Fsp3) is 0.182. The summed E-state index contributed by atoms with van der Waals surface area (Å²) in [4.78, 5) is 26.6. The maximum absolute atomic E-state index is 12.6. The molecule has 1 aliphatic heterocycles. The van der Waals surface area contributed by atoms with Gasteiger partial charge < -0.3 is 10.2 Å². The van der Waals surface area contributed by atoms with E-state index in [1.165, 1.54) is 10.1 Å². The highest BCUT2D eigenvalue weighted by molar-refractivity contribution is 5.72. The van der Waals surface area contributed by atoms with Crippen LogP contribution < -0.4 is 15.9 Å². The van der Waals surface area contributed by atoms with Crippen molar-refractivity contribution in [1.29, 1.82) is 5.26 Å². The Kier molecular flexibility index (Phi) is 4.50. The molecule has 30 heavy (non-hydrogen) atoms. The molecule has 0 amide bonds. The number of nitrogens with zero attached hydrogens (tertiary/aromatic N) is 5. The first-order valence-electron chi connectivity index (χ1n) is 9.75. The number of fused-ring (bicyclic) bond motifs is 1. The molecule has 8 heteroatoms. The van der Waals surface area contributed by atoms with Crippen LogP contribution in [0.1, 0.15) is 17.2 Å². The number of nitrogens with one attached hydrogen (secondary N) is 2. The van der Waals surface area contributed by atoms with Crippen molar-refractivity contribution in [3.63, 3.8) is 0 Å². The molecule has 2 N–H and O–H groups in total. The summed E-state index contributed by atoms with van der Waals surface area (Å²) in [6.45, 7) is 2.33. The summed E-state index contributed by atoms with van der Waals surface area (Å²) in [6.07, 6.45) is 1.62. The van der Waals surface area contributed by atoms with Crippen molar-refractivity contribution in [2.24, 2.45) is 0 Å². The SMILES string of the molecule is N#Cc1cc(N2CCNCC2c2ccccc2)nc(-n2c(=O)[nH]c3ncccc32)c1.